The molecule has 2 N–H and O–H groups in total. The van der Waals surface area contributed by atoms with Gasteiger partial charge in [-0.3, -0.25) is 14.4 Å². The fourth-order valence-electron chi connectivity index (χ4n) is 1.73. The van der Waals surface area contributed by atoms with Crippen LogP contribution in [-0.2, 0) is 33.3 Å². The van der Waals surface area contributed by atoms with Gasteiger partial charge >= 0.3 is 11.9 Å². The van der Waals surface area contributed by atoms with Crippen molar-refractivity contribution in [3.8, 4) is 0 Å². The molecule has 176 valence electrons. The molecule has 0 radical (unpaired) electrons. The molecule has 0 saturated heterocycles. The first-order valence-electron chi connectivity index (χ1n) is 9.80. The molecule has 0 bridgehead atoms. The number of ether oxygens (including phenoxy) is 4. The smallest absolute Gasteiger partial charge is 0.317 e. The number of carbonyl (C=O) groups is 3. The molecule has 0 aliphatic rings. The summed E-state index contributed by atoms with van der Waals surface area (Å²) in [6.45, 7) is 11.4. The topological polar surface area (TPSA) is 120 Å². The number of carbonyl (C=O) groups excluding carboxylic acids is 2. The summed E-state index contributed by atoms with van der Waals surface area (Å²) < 4.78 is 21.2. The van der Waals surface area contributed by atoms with Gasteiger partial charge in [0.1, 0.15) is 10.9 Å². The van der Waals surface area contributed by atoms with Crippen molar-refractivity contribution in [1.82, 2.24) is 5.32 Å². The first-order chi connectivity index (χ1) is 14.0. The Hall–Kier alpha value is -1.01. The quantitative estimate of drug-likeness (QED) is 0.186. The van der Waals surface area contributed by atoms with Crippen LogP contribution in [0.15, 0.2) is 0 Å². The van der Waals surface area contributed by atoms with E-state index in [1.807, 2.05) is 20.8 Å². The molecule has 30 heavy (non-hydrogen) atoms. The number of esters is 1. The van der Waals surface area contributed by atoms with Gasteiger partial charge in [0.05, 0.1) is 51.3 Å². The third-order valence-electron chi connectivity index (χ3n) is 3.22. The highest BCUT2D eigenvalue weighted by Gasteiger charge is 2.18. The highest BCUT2D eigenvalue weighted by Crippen LogP contribution is 2.30. The van der Waals surface area contributed by atoms with Crippen LogP contribution in [0.5, 0.6) is 0 Å². The molecule has 0 saturated carbocycles. The van der Waals surface area contributed by atoms with Crippen LogP contribution >= 0.6 is 21.6 Å². The van der Waals surface area contributed by atoms with Crippen molar-refractivity contribution < 1.29 is 38.4 Å². The molecule has 11 heteroatoms. The third kappa shape index (κ3) is 17.8. The van der Waals surface area contributed by atoms with Gasteiger partial charge in [-0.1, -0.05) is 21.6 Å². The maximum atomic E-state index is 11.9. The Morgan fingerprint density at radius 3 is 1.90 bits per heavy atom. The van der Waals surface area contributed by atoms with E-state index in [2.05, 4.69) is 5.32 Å². The van der Waals surface area contributed by atoms with Gasteiger partial charge in [0.15, 0.2) is 0 Å². The largest absolute Gasteiger partial charge is 0.480 e. The lowest BCUT2D eigenvalue weighted by molar-refractivity contribution is -0.156. The number of carboxylic acid groups (broad SMARTS) is 1. The number of hydrogen-bond acceptors (Lipinski definition) is 9. The lowest BCUT2D eigenvalue weighted by atomic mass is 10.2. The molecule has 0 aromatic carbocycles. The number of hydrogen-bond donors (Lipinski definition) is 2. The second-order valence-electron chi connectivity index (χ2n) is 7.28. The second kappa shape index (κ2) is 16.7. The van der Waals surface area contributed by atoms with Crippen LogP contribution in [0.4, 0.5) is 0 Å². The van der Waals surface area contributed by atoms with E-state index in [4.69, 9.17) is 24.1 Å². The van der Waals surface area contributed by atoms with E-state index in [0.717, 1.165) is 10.8 Å². The summed E-state index contributed by atoms with van der Waals surface area (Å²) >= 11 is 0. The number of amides is 1. The predicted molar refractivity (Wildman–Crippen MR) is 118 cm³/mol. The highest BCUT2D eigenvalue weighted by molar-refractivity contribution is 8.77. The average Bonchev–Trinajstić information content (AvgIpc) is 2.64. The van der Waals surface area contributed by atoms with Crippen LogP contribution in [0, 0.1) is 0 Å². The van der Waals surface area contributed by atoms with Crippen molar-refractivity contribution in [1.29, 1.82) is 0 Å². The first kappa shape index (κ1) is 29.0. The molecule has 1 amide bonds. The van der Waals surface area contributed by atoms with Crippen LogP contribution in [0.3, 0.4) is 0 Å². The zero-order valence-electron chi connectivity index (χ0n) is 18.4. The summed E-state index contributed by atoms with van der Waals surface area (Å²) in [4.78, 5) is 34.1. The Labute approximate surface area is 186 Å². The van der Waals surface area contributed by atoms with Gasteiger partial charge < -0.3 is 29.4 Å². The first-order valence-corrected chi connectivity index (χ1v) is 12.1. The molecule has 0 aliphatic heterocycles. The summed E-state index contributed by atoms with van der Waals surface area (Å²) in [5, 5.41) is 10.6. The fraction of sp³-hybridized carbons (Fsp3) is 0.842. The van der Waals surface area contributed by atoms with Crippen molar-refractivity contribution >= 4 is 39.4 Å². The molecule has 0 heterocycles. The number of nitrogens with one attached hydrogen (secondary N) is 1. The Bertz CT molecular complexity index is 513. The van der Waals surface area contributed by atoms with Crippen LogP contribution in [0.25, 0.3) is 0 Å². The Morgan fingerprint density at radius 2 is 1.37 bits per heavy atom. The SMILES string of the molecule is CC(SSC(C)C(=O)NCCOCCOCCOCCC(=O)OC(C)(C)C)C(=O)O. The van der Waals surface area contributed by atoms with E-state index in [1.54, 1.807) is 13.8 Å². The van der Waals surface area contributed by atoms with Gasteiger partial charge in [-0.05, 0) is 34.6 Å². The molecule has 9 nitrogen and oxygen atoms in total. The lowest BCUT2D eigenvalue weighted by Gasteiger charge is -2.19. The van der Waals surface area contributed by atoms with E-state index < -0.39 is 16.8 Å². The maximum absolute atomic E-state index is 11.9. The molecule has 0 aliphatic carbocycles. The van der Waals surface area contributed by atoms with Gasteiger partial charge in [-0.15, -0.1) is 0 Å². The van der Waals surface area contributed by atoms with Crippen molar-refractivity contribution in [2.75, 3.05) is 46.2 Å². The summed E-state index contributed by atoms with van der Waals surface area (Å²) in [6.07, 6.45) is 0.209. The molecule has 0 spiro atoms. The van der Waals surface area contributed by atoms with Gasteiger partial charge in [0.25, 0.3) is 0 Å². The summed E-state index contributed by atoms with van der Waals surface area (Å²) in [5.74, 6) is -1.35. The molecule has 0 aromatic heterocycles. The van der Waals surface area contributed by atoms with Crippen LogP contribution in [0.1, 0.15) is 41.0 Å². The van der Waals surface area contributed by atoms with Gasteiger partial charge in [0.2, 0.25) is 5.91 Å². The predicted octanol–water partition coefficient (Wildman–Crippen LogP) is 2.13. The van der Waals surface area contributed by atoms with E-state index in [0.29, 0.717) is 46.2 Å². The van der Waals surface area contributed by atoms with Gasteiger partial charge in [-0.25, -0.2) is 0 Å². The summed E-state index contributed by atoms with van der Waals surface area (Å²) in [5.41, 5.74) is -0.486. The minimum atomic E-state index is -0.900. The van der Waals surface area contributed by atoms with Crippen molar-refractivity contribution in [3.05, 3.63) is 0 Å². The van der Waals surface area contributed by atoms with E-state index in [1.165, 1.54) is 10.8 Å². The molecule has 2 unspecified atom stereocenters. The maximum Gasteiger partial charge on any atom is 0.317 e. The summed E-state index contributed by atoms with van der Waals surface area (Å²) in [6, 6.07) is 0. The minimum absolute atomic E-state index is 0.159. The van der Waals surface area contributed by atoms with Crippen LogP contribution in [0.2, 0.25) is 0 Å². The monoisotopic (exact) mass is 469 g/mol. The Balaban J connectivity index is 3.46. The molecule has 0 fully saturated rings. The standard InChI is InChI=1S/C19H35NO8S2/c1-14(29-30-15(2)18(23)24)17(22)20-7-9-26-11-13-27-12-10-25-8-6-16(21)28-19(3,4)5/h14-15H,6-13H2,1-5H3,(H,20,22)(H,23,24). The van der Waals surface area contributed by atoms with Crippen molar-refractivity contribution in [2.45, 2.75) is 57.1 Å². The second-order valence-corrected chi connectivity index (χ2v) is 10.2. The molecular weight excluding hydrogens is 434 g/mol. The minimum Gasteiger partial charge on any atom is -0.480 e. The molecule has 0 aromatic rings. The van der Waals surface area contributed by atoms with Gasteiger partial charge in [-0.2, -0.15) is 0 Å². The Morgan fingerprint density at radius 1 is 0.867 bits per heavy atom. The lowest BCUT2D eigenvalue weighted by Crippen LogP contribution is -2.33. The number of aliphatic carboxylic acids is 1. The van der Waals surface area contributed by atoms with Crippen molar-refractivity contribution in [2.24, 2.45) is 0 Å². The van der Waals surface area contributed by atoms with Crippen LogP contribution < -0.4 is 5.32 Å². The van der Waals surface area contributed by atoms with Crippen LogP contribution in [-0.4, -0.2) is 85.2 Å². The van der Waals surface area contributed by atoms with Gasteiger partial charge in [0, 0.05) is 6.54 Å². The zero-order valence-corrected chi connectivity index (χ0v) is 20.1. The van der Waals surface area contributed by atoms with E-state index in [9.17, 15) is 14.4 Å². The summed E-state index contributed by atoms with van der Waals surface area (Å²) in [7, 11) is 2.39. The molecule has 2 atom stereocenters. The van der Waals surface area contributed by atoms with Crippen molar-refractivity contribution in [3.63, 3.8) is 0 Å². The molecule has 0 rings (SSSR count). The third-order valence-corrected chi connectivity index (χ3v) is 6.39. The normalized spacial score (nSPS) is 13.5. The number of rotatable bonds is 17. The Kier molecular flexibility index (Phi) is 16.1. The molecular formula is C19H35NO8S2. The number of carboxylic acids is 1. The highest BCUT2D eigenvalue weighted by atomic mass is 33.1. The van der Waals surface area contributed by atoms with E-state index in [-0.39, 0.29) is 23.5 Å². The fourth-order valence-corrected chi connectivity index (χ4v) is 3.83. The average molecular weight is 470 g/mol. The zero-order chi connectivity index (χ0) is 23.0. The van der Waals surface area contributed by atoms with E-state index >= 15 is 0 Å².